The third kappa shape index (κ3) is 3.54. The first-order chi connectivity index (χ1) is 8.46. The summed E-state index contributed by atoms with van der Waals surface area (Å²) in [5.41, 5.74) is 0.562. The maximum atomic E-state index is 11.3. The molecule has 1 aromatic carbocycles. The Morgan fingerprint density at radius 2 is 2.11 bits per heavy atom. The number of rotatable bonds is 2. The smallest absolute Gasteiger partial charge is 0.266 e. The van der Waals surface area contributed by atoms with Crippen LogP contribution >= 0.6 is 28.1 Å². The molecule has 0 bridgehead atoms. The maximum absolute atomic E-state index is 11.3. The Morgan fingerprint density at radius 3 is 2.72 bits per heavy atom. The molecule has 18 heavy (non-hydrogen) atoms. The van der Waals surface area contributed by atoms with Gasteiger partial charge in [0.15, 0.2) is 9.84 Å². The van der Waals surface area contributed by atoms with Crippen LogP contribution < -0.4 is 10.1 Å². The molecule has 1 aliphatic rings. The van der Waals surface area contributed by atoms with Gasteiger partial charge in [-0.1, -0.05) is 12.1 Å². The van der Waals surface area contributed by atoms with Crippen molar-refractivity contribution in [2.45, 2.75) is 0 Å². The largest absolute Gasteiger partial charge is 0.430 e. The lowest BCUT2D eigenvalue weighted by Gasteiger charge is -2.10. The summed E-state index contributed by atoms with van der Waals surface area (Å²) >= 11 is 8.35. The molecule has 0 saturated heterocycles. The van der Waals surface area contributed by atoms with Crippen LogP contribution in [0.3, 0.4) is 0 Å². The topological polar surface area (TPSA) is 55.4 Å². The number of hydrogen-bond donors (Lipinski definition) is 1. The highest BCUT2D eigenvalue weighted by atomic mass is 79.9. The van der Waals surface area contributed by atoms with Gasteiger partial charge in [0.25, 0.3) is 5.17 Å². The highest BCUT2D eigenvalue weighted by molar-refractivity contribution is 9.10. The second-order valence-electron chi connectivity index (χ2n) is 3.73. The van der Waals surface area contributed by atoms with E-state index in [0.29, 0.717) is 11.4 Å². The van der Waals surface area contributed by atoms with Gasteiger partial charge in [0, 0.05) is 5.70 Å². The SMILES string of the molecule is O=S1(=O)CC=C(NC(=S)Oc2ccccc2Br)C1. The number of hydrogen-bond acceptors (Lipinski definition) is 4. The van der Waals surface area contributed by atoms with Gasteiger partial charge in [0.2, 0.25) is 0 Å². The Hall–Kier alpha value is -0.920. The van der Waals surface area contributed by atoms with Crippen LogP contribution in [0.2, 0.25) is 0 Å². The standard InChI is InChI=1S/C11H10BrNO3S2/c12-9-3-1-2-4-10(9)16-11(17)13-8-5-6-18(14,15)7-8/h1-5H,6-7H2,(H,13,17). The predicted octanol–water partition coefficient (Wildman–Crippen LogP) is 2.01. The Bertz CT molecular complexity index is 610. The fourth-order valence-electron chi connectivity index (χ4n) is 1.45. The van der Waals surface area contributed by atoms with Gasteiger partial charge in [-0.25, -0.2) is 8.42 Å². The van der Waals surface area contributed by atoms with Crippen LogP contribution in [0, 0.1) is 0 Å². The van der Waals surface area contributed by atoms with Crippen LogP contribution in [0.4, 0.5) is 0 Å². The number of sulfone groups is 1. The molecule has 0 aliphatic carbocycles. The summed E-state index contributed by atoms with van der Waals surface area (Å²) in [7, 11) is -3.00. The third-order valence-corrected chi connectivity index (χ3v) is 4.53. The van der Waals surface area contributed by atoms with Crippen molar-refractivity contribution in [3.63, 3.8) is 0 Å². The first-order valence-electron chi connectivity index (χ1n) is 5.09. The van der Waals surface area contributed by atoms with Crippen molar-refractivity contribution in [3.05, 3.63) is 40.5 Å². The van der Waals surface area contributed by atoms with E-state index in [0.717, 1.165) is 4.47 Å². The van der Waals surface area contributed by atoms with Crippen LogP contribution in [0.1, 0.15) is 0 Å². The lowest BCUT2D eigenvalue weighted by molar-refractivity contribution is 0.539. The molecule has 0 aromatic heterocycles. The third-order valence-electron chi connectivity index (χ3n) is 2.26. The molecule has 1 N–H and O–H groups in total. The van der Waals surface area contributed by atoms with Crippen molar-refractivity contribution in [1.29, 1.82) is 0 Å². The predicted molar refractivity (Wildman–Crippen MR) is 77.2 cm³/mol. The molecule has 96 valence electrons. The molecule has 0 spiro atoms. The van der Waals surface area contributed by atoms with E-state index >= 15 is 0 Å². The quantitative estimate of drug-likeness (QED) is 0.829. The van der Waals surface area contributed by atoms with E-state index in [4.69, 9.17) is 17.0 Å². The van der Waals surface area contributed by atoms with Gasteiger partial charge < -0.3 is 10.1 Å². The second kappa shape index (κ2) is 5.38. The van der Waals surface area contributed by atoms with Crippen molar-refractivity contribution >= 4 is 43.2 Å². The van der Waals surface area contributed by atoms with Gasteiger partial charge in [-0.2, -0.15) is 0 Å². The molecular formula is C11H10BrNO3S2. The number of thiocarbonyl (C=S) groups is 1. The first kappa shape index (κ1) is 13.5. The highest BCUT2D eigenvalue weighted by Gasteiger charge is 2.20. The second-order valence-corrected chi connectivity index (χ2v) is 7.06. The van der Waals surface area contributed by atoms with Crippen LogP contribution in [-0.4, -0.2) is 25.1 Å². The first-order valence-corrected chi connectivity index (χ1v) is 8.11. The molecule has 2 rings (SSSR count). The minimum Gasteiger partial charge on any atom is -0.430 e. The fourth-order valence-corrected chi connectivity index (χ4v) is 3.28. The number of halogens is 1. The van der Waals surface area contributed by atoms with E-state index in [2.05, 4.69) is 21.2 Å². The molecule has 1 heterocycles. The minimum absolute atomic E-state index is 0.0214. The molecule has 0 atom stereocenters. The van der Waals surface area contributed by atoms with Crippen molar-refractivity contribution < 1.29 is 13.2 Å². The molecule has 1 aromatic rings. The molecule has 0 amide bonds. The Balaban J connectivity index is 1.97. The Morgan fingerprint density at radius 1 is 1.39 bits per heavy atom. The summed E-state index contributed by atoms with van der Waals surface area (Å²) in [5, 5.41) is 2.91. The van der Waals surface area contributed by atoms with Gasteiger partial charge in [0.1, 0.15) is 5.75 Å². The van der Waals surface area contributed by atoms with E-state index < -0.39 is 9.84 Å². The average Bonchev–Trinajstić information content (AvgIpc) is 2.61. The molecule has 0 fully saturated rings. The molecular weight excluding hydrogens is 338 g/mol. The lowest BCUT2D eigenvalue weighted by Crippen LogP contribution is -2.27. The van der Waals surface area contributed by atoms with Crippen LogP contribution in [0.25, 0.3) is 0 Å². The highest BCUT2D eigenvalue weighted by Crippen LogP contribution is 2.24. The van der Waals surface area contributed by atoms with E-state index in [-0.39, 0.29) is 16.7 Å². The van der Waals surface area contributed by atoms with Gasteiger partial charge in [-0.15, -0.1) is 0 Å². The number of ether oxygens (including phenoxy) is 1. The fraction of sp³-hybridized carbons (Fsp3) is 0.182. The van der Waals surface area contributed by atoms with Crippen LogP contribution in [0.5, 0.6) is 5.75 Å². The van der Waals surface area contributed by atoms with Crippen LogP contribution in [0.15, 0.2) is 40.5 Å². The molecule has 0 radical (unpaired) electrons. The summed E-state index contributed by atoms with van der Waals surface area (Å²) in [6.45, 7) is 0. The summed E-state index contributed by atoms with van der Waals surface area (Å²) in [6.07, 6.45) is 1.60. The van der Waals surface area contributed by atoms with E-state index in [9.17, 15) is 8.42 Å². The van der Waals surface area contributed by atoms with Gasteiger partial charge >= 0.3 is 0 Å². The van der Waals surface area contributed by atoms with Crippen molar-refractivity contribution in [1.82, 2.24) is 5.32 Å². The summed E-state index contributed by atoms with van der Waals surface area (Å²) < 4.78 is 28.7. The lowest BCUT2D eigenvalue weighted by atomic mass is 10.3. The molecule has 0 unspecified atom stereocenters. The summed E-state index contributed by atoms with van der Waals surface area (Å²) in [4.78, 5) is 0. The Kier molecular flexibility index (Phi) is 4.04. The van der Waals surface area contributed by atoms with E-state index in [1.807, 2.05) is 18.2 Å². The zero-order chi connectivity index (χ0) is 13.2. The minimum atomic E-state index is -3.00. The molecule has 7 heteroatoms. The molecule has 4 nitrogen and oxygen atoms in total. The van der Waals surface area contributed by atoms with E-state index in [1.165, 1.54) is 0 Å². The van der Waals surface area contributed by atoms with Crippen molar-refractivity contribution in [2.24, 2.45) is 0 Å². The molecule has 0 saturated carbocycles. The monoisotopic (exact) mass is 347 g/mol. The zero-order valence-electron chi connectivity index (χ0n) is 9.22. The van der Waals surface area contributed by atoms with E-state index in [1.54, 1.807) is 12.1 Å². The zero-order valence-corrected chi connectivity index (χ0v) is 12.4. The van der Waals surface area contributed by atoms with Gasteiger partial charge in [-0.3, -0.25) is 0 Å². The number of nitrogens with one attached hydrogen (secondary N) is 1. The van der Waals surface area contributed by atoms with Gasteiger partial charge in [0.05, 0.1) is 16.0 Å². The normalized spacial score (nSPS) is 17.1. The number of benzene rings is 1. The summed E-state index contributed by atoms with van der Waals surface area (Å²) in [5.74, 6) is 0.607. The molecule has 1 aliphatic heterocycles. The Labute approximate surface area is 119 Å². The van der Waals surface area contributed by atoms with Crippen LogP contribution in [-0.2, 0) is 9.84 Å². The summed E-state index contributed by atoms with van der Waals surface area (Å²) in [6, 6.07) is 7.27. The van der Waals surface area contributed by atoms with Gasteiger partial charge in [-0.05, 0) is 46.4 Å². The maximum Gasteiger partial charge on any atom is 0.266 e. The average molecular weight is 348 g/mol. The van der Waals surface area contributed by atoms with Crippen molar-refractivity contribution in [2.75, 3.05) is 11.5 Å². The number of para-hydroxylation sites is 1. The van der Waals surface area contributed by atoms with Crippen molar-refractivity contribution in [3.8, 4) is 5.75 Å².